The van der Waals surface area contributed by atoms with Gasteiger partial charge in [0.2, 0.25) is 0 Å². The summed E-state index contributed by atoms with van der Waals surface area (Å²) in [6.07, 6.45) is 0. The van der Waals surface area contributed by atoms with Gasteiger partial charge in [0, 0.05) is 42.2 Å². The lowest BCUT2D eigenvalue weighted by molar-refractivity contribution is 0.794. The number of fused-ring (bicyclic) bond motifs is 17. The Kier molecular flexibility index (Phi) is 5.38. The SMILES string of the molecule is c1ccc2c(c1)-c1ccccc1C21c2ccccc2-c2c1ccc1c3ccccc3n(-c3ccc(-c4cccc5c4sc4ccccc45)cc3)c21. The Morgan fingerprint density at radius 2 is 0.980 bits per heavy atom. The van der Waals surface area contributed by atoms with Crippen molar-refractivity contribution in [1.29, 1.82) is 0 Å². The van der Waals surface area contributed by atoms with E-state index in [-0.39, 0.29) is 5.41 Å². The first-order valence-electron chi connectivity index (χ1n) is 17.7. The molecule has 0 amide bonds. The molecule has 2 heterocycles. The number of benzene rings is 8. The fraction of sp³-hybridized carbons (Fsp3) is 0.0204. The monoisotopic (exact) mass is 663 g/mol. The average molecular weight is 664 g/mol. The first-order valence-corrected chi connectivity index (χ1v) is 18.5. The van der Waals surface area contributed by atoms with Gasteiger partial charge < -0.3 is 4.57 Å². The molecule has 0 unspecified atom stereocenters. The minimum atomic E-state index is -0.374. The van der Waals surface area contributed by atoms with Gasteiger partial charge in [-0.1, -0.05) is 152 Å². The third-order valence-electron chi connectivity index (χ3n) is 11.6. The summed E-state index contributed by atoms with van der Waals surface area (Å²) >= 11 is 1.89. The highest BCUT2D eigenvalue weighted by Gasteiger charge is 2.52. The van der Waals surface area contributed by atoms with E-state index < -0.39 is 0 Å². The minimum Gasteiger partial charge on any atom is -0.309 e. The molecular weight excluding hydrogens is 635 g/mol. The zero-order chi connectivity index (χ0) is 33.3. The van der Waals surface area contributed by atoms with Gasteiger partial charge in [0.1, 0.15) is 0 Å². The molecule has 1 spiro atoms. The smallest absolute Gasteiger partial charge is 0.0726 e. The standard InChI is InChI=1S/C49H29NS/c1-6-19-40-33(12-1)34-13-2-7-20-41(34)49(40)42-21-8-3-16-39(42)46-43(49)29-28-37-35-14-4-9-22-44(35)50(47(37)46)31-26-24-30(25-27-31)32-17-11-18-38-36-15-5-10-23-45(36)51-48(32)38/h1-29H. The predicted molar refractivity (Wildman–Crippen MR) is 215 cm³/mol. The second-order valence-electron chi connectivity index (χ2n) is 14.0. The van der Waals surface area contributed by atoms with Crippen molar-refractivity contribution >= 4 is 53.3 Å². The van der Waals surface area contributed by atoms with Gasteiger partial charge in [-0.3, -0.25) is 0 Å². The second kappa shape index (κ2) is 9.94. The topological polar surface area (TPSA) is 4.93 Å². The van der Waals surface area contributed by atoms with Gasteiger partial charge in [0.15, 0.2) is 0 Å². The fourth-order valence-corrected chi connectivity index (χ4v) is 10.9. The highest BCUT2D eigenvalue weighted by atomic mass is 32.1. The van der Waals surface area contributed by atoms with E-state index in [2.05, 4.69) is 180 Å². The van der Waals surface area contributed by atoms with Crippen molar-refractivity contribution in [3.8, 4) is 39.1 Å². The normalized spacial score (nSPS) is 13.6. The fourth-order valence-electron chi connectivity index (χ4n) is 9.66. The van der Waals surface area contributed by atoms with Crippen molar-refractivity contribution in [3.63, 3.8) is 0 Å². The van der Waals surface area contributed by atoms with E-state index in [1.54, 1.807) is 0 Å². The number of hydrogen-bond donors (Lipinski definition) is 0. The lowest BCUT2D eigenvalue weighted by Gasteiger charge is -2.30. The average Bonchev–Trinajstić information content (AvgIpc) is 3.92. The maximum atomic E-state index is 2.52. The van der Waals surface area contributed by atoms with Crippen molar-refractivity contribution in [2.75, 3.05) is 0 Å². The Labute approximate surface area is 299 Å². The van der Waals surface area contributed by atoms with E-state index in [1.807, 2.05) is 11.3 Å². The van der Waals surface area contributed by atoms with Crippen molar-refractivity contribution in [1.82, 2.24) is 4.57 Å². The van der Waals surface area contributed by atoms with Crippen LogP contribution in [0.15, 0.2) is 176 Å². The highest BCUT2D eigenvalue weighted by molar-refractivity contribution is 7.26. The van der Waals surface area contributed by atoms with Crippen LogP contribution in [0.2, 0.25) is 0 Å². The van der Waals surface area contributed by atoms with Crippen LogP contribution < -0.4 is 0 Å². The van der Waals surface area contributed by atoms with E-state index in [1.165, 1.54) is 103 Å². The van der Waals surface area contributed by atoms with E-state index in [0.717, 1.165) is 0 Å². The molecule has 0 aliphatic heterocycles. The molecule has 236 valence electrons. The number of para-hydroxylation sites is 1. The molecule has 2 aromatic heterocycles. The Bertz CT molecular complexity index is 3040. The summed E-state index contributed by atoms with van der Waals surface area (Å²) in [5, 5.41) is 5.23. The molecular formula is C49H29NS. The molecule has 1 nitrogen and oxygen atoms in total. The minimum absolute atomic E-state index is 0.374. The maximum Gasteiger partial charge on any atom is 0.0726 e. The number of nitrogens with zero attached hydrogens (tertiary/aromatic N) is 1. The largest absolute Gasteiger partial charge is 0.309 e. The molecule has 0 N–H and O–H groups in total. The van der Waals surface area contributed by atoms with Crippen LogP contribution in [0.3, 0.4) is 0 Å². The van der Waals surface area contributed by atoms with Gasteiger partial charge in [-0.05, 0) is 74.3 Å². The molecule has 0 saturated carbocycles. The van der Waals surface area contributed by atoms with Gasteiger partial charge in [0.05, 0.1) is 16.4 Å². The quantitative estimate of drug-likeness (QED) is 0.173. The molecule has 8 aromatic carbocycles. The first-order chi connectivity index (χ1) is 25.3. The van der Waals surface area contributed by atoms with Gasteiger partial charge in [0.25, 0.3) is 0 Å². The predicted octanol–water partition coefficient (Wildman–Crippen LogP) is 13.2. The summed E-state index contributed by atoms with van der Waals surface area (Å²) in [4.78, 5) is 0. The van der Waals surface area contributed by atoms with Gasteiger partial charge in [-0.15, -0.1) is 11.3 Å². The zero-order valence-electron chi connectivity index (χ0n) is 27.6. The van der Waals surface area contributed by atoms with Crippen LogP contribution in [0.5, 0.6) is 0 Å². The molecule has 0 bridgehead atoms. The van der Waals surface area contributed by atoms with Gasteiger partial charge in [-0.25, -0.2) is 0 Å². The molecule has 0 atom stereocenters. The lowest BCUT2D eigenvalue weighted by Crippen LogP contribution is -2.25. The Hall–Kier alpha value is -6.22. The summed E-state index contributed by atoms with van der Waals surface area (Å²) in [5.74, 6) is 0. The summed E-state index contributed by atoms with van der Waals surface area (Å²) in [6, 6.07) is 65.8. The van der Waals surface area contributed by atoms with Crippen LogP contribution in [0.25, 0.3) is 81.0 Å². The highest BCUT2D eigenvalue weighted by Crippen LogP contribution is 2.64. The summed E-state index contributed by atoms with van der Waals surface area (Å²) in [7, 11) is 0. The number of aromatic nitrogens is 1. The van der Waals surface area contributed by atoms with E-state index >= 15 is 0 Å². The third kappa shape index (κ3) is 3.41. The van der Waals surface area contributed by atoms with Crippen molar-refractivity contribution < 1.29 is 0 Å². The second-order valence-corrected chi connectivity index (χ2v) is 15.0. The molecule has 51 heavy (non-hydrogen) atoms. The van der Waals surface area contributed by atoms with Crippen molar-refractivity contribution in [3.05, 3.63) is 198 Å². The number of rotatable bonds is 2. The maximum absolute atomic E-state index is 2.52. The van der Waals surface area contributed by atoms with Crippen LogP contribution >= 0.6 is 11.3 Å². The van der Waals surface area contributed by atoms with Crippen LogP contribution in [0.4, 0.5) is 0 Å². The lowest BCUT2D eigenvalue weighted by atomic mass is 9.70. The number of hydrogen-bond acceptors (Lipinski definition) is 1. The van der Waals surface area contributed by atoms with Crippen LogP contribution in [0.1, 0.15) is 22.3 Å². The molecule has 2 heteroatoms. The van der Waals surface area contributed by atoms with Gasteiger partial charge in [-0.2, -0.15) is 0 Å². The van der Waals surface area contributed by atoms with Crippen LogP contribution in [-0.2, 0) is 5.41 Å². The molecule has 10 aromatic rings. The van der Waals surface area contributed by atoms with Crippen molar-refractivity contribution in [2.24, 2.45) is 0 Å². The van der Waals surface area contributed by atoms with Crippen molar-refractivity contribution in [2.45, 2.75) is 5.41 Å². The Balaban J connectivity index is 1.14. The first kappa shape index (κ1) is 27.6. The van der Waals surface area contributed by atoms with Crippen LogP contribution in [-0.4, -0.2) is 4.57 Å². The van der Waals surface area contributed by atoms with E-state index in [9.17, 15) is 0 Å². The van der Waals surface area contributed by atoms with Gasteiger partial charge >= 0.3 is 0 Å². The number of thiophene rings is 1. The third-order valence-corrected chi connectivity index (χ3v) is 12.9. The molecule has 2 aliphatic rings. The summed E-state index contributed by atoms with van der Waals surface area (Å²) < 4.78 is 5.21. The van der Waals surface area contributed by atoms with E-state index in [0.29, 0.717) is 0 Å². The Morgan fingerprint density at radius 3 is 1.75 bits per heavy atom. The molecule has 2 aliphatic carbocycles. The molecule has 12 rings (SSSR count). The Morgan fingerprint density at radius 1 is 0.392 bits per heavy atom. The van der Waals surface area contributed by atoms with Crippen LogP contribution in [0, 0.1) is 0 Å². The summed E-state index contributed by atoms with van der Waals surface area (Å²) in [5.41, 5.74) is 16.6. The molecule has 0 saturated heterocycles. The summed E-state index contributed by atoms with van der Waals surface area (Å²) in [6.45, 7) is 0. The molecule has 0 radical (unpaired) electrons. The molecule has 0 fully saturated rings. The van der Waals surface area contributed by atoms with E-state index in [4.69, 9.17) is 0 Å². The zero-order valence-corrected chi connectivity index (χ0v) is 28.4.